The highest BCUT2D eigenvalue weighted by Crippen LogP contribution is 2.36. The summed E-state index contributed by atoms with van der Waals surface area (Å²) < 4.78 is 0.416. The second kappa shape index (κ2) is 2.99. The molecule has 0 aromatic rings. The summed E-state index contributed by atoms with van der Waals surface area (Å²) in [5.41, 5.74) is 1.45. The van der Waals surface area contributed by atoms with E-state index in [1.807, 2.05) is 11.8 Å². The van der Waals surface area contributed by atoms with Gasteiger partial charge in [0.15, 0.2) is 0 Å². The molecule has 2 aliphatic rings. The molecule has 2 aliphatic heterocycles. The van der Waals surface area contributed by atoms with E-state index in [9.17, 15) is 0 Å². The summed E-state index contributed by atoms with van der Waals surface area (Å²) in [5.74, 6) is 0. The third kappa shape index (κ3) is 1.58. The number of thioether (sulfide) groups is 1. The van der Waals surface area contributed by atoms with E-state index in [-0.39, 0.29) is 0 Å². The average molecular weight is 235 g/mol. The lowest BCUT2D eigenvalue weighted by Crippen LogP contribution is -2.28. The van der Waals surface area contributed by atoms with Gasteiger partial charge in [-0.2, -0.15) is 0 Å². The molecule has 2 nitrogen and oxygen atoms in total. The molecule has 0 saturated carbocycles. The number of nitrogens with zero attached hydrogens (tertiary/aromatic N) is 1. The van der Waals surface area contributed by atoms with Gasteiger partial charge in [0.25, 0.3) is 0 Å². The van der Waals surface area contributed by atoms with Crippen molar-refractivity contribution in [3.05, 3.63) is 10.6 Å². The van der Waals surface area contributed by atoms with Crippen LogP contribution in [0.25, 0.3) is 0 Å². The molecule has 0 fully saturated rings. The first kappa shape index (κ1) is 7.95. The maximum Gasteiger partial charge on any atom is 0.133 e. The number of alkyl halides is 1. The Morgan fingerprint density at radius 1 is 1.73 bits per heavy atom. The summed E-state index contributed by atoms with van der Waals surface area (Å²) in [4.78, 5) is 3.87. The van der Waals surface area contributed by atoms with Gasteiger partial charge in [-0.1, -0.05) is 27.7 Å². The minimum absolute atomic E-state index is 0.416. The number of nitrogens with one attached hydrogen (secondary N) is 1. The molecule has 0 aromatic carbocycles. The Kier molecular flexibility index (Phi) is 2.16. The smallest absolute Gasteiger partial charge is 0.133 e. The van der Waals surface area contributed by atoms with Gasteiger partial charge >= 0.3 is 0 Å². The lowest BCUT2D eigenvalue weighted by Gasteiger charge is -2.22. The summed E-state index contributed by atoms with van der Waals surface area (Å²) in [7, 11) is 2.17. The Morgan fingerprint density at radius 3 is 3.36 bits per heavy atom. The molecule has 62 valence electrons. The predicted octanol–water partition coefficient (Wildman–Crippen LogP) is 1.55. The summed E-state index contributed by atoms with van der Waals surface area (Å²) in [6.45, 7) is 2.31. The van der Waals surface area contributed by atoms with Gasteiger partial charge in [-0.05, 0) is 7.05 Å². The maximum absolute atomic E-state index is 3.54. The van der Waals surface area contributed by atoms with Gasteiger partial charge in [0.1, 0.15) is 4.28 Å². The second-order valence-electron chi connectivity index (χ2n) is 2.97. The first-order valence-electron chi connectivity index (χ1n) is 3.73. The van der Waals surface area contributed by atoms with E-state index in [1.54, 1.807) is 0 Å². The van der Waals surface area contributed by atoms with Crippen molar-refractivity contribution in [2.45, 2.75) is 10.7 Å². The van der Waals surface area contributed by atoms with Crippen molar-refractivity contribution in [1.82, 2.24) is 10.2 Å². The molecule has 0 spiro atoms. The second-order valence-corrected chi connectivity index (χ2v) is 5.69. The fourth-order valence-corrected chi connectivity index (χ4v) is 3.42. The van der Waals surface area contributed by atoms with Crippen LogP contribution in [0.1, 0.15) is 6.42 Å². The molecule has 2 heterocycles. The van der Waals surface area contributed by atoms with Crippen LogP contribution in [-0.2, 0) is 0 Å². The van der Waals surface area contributed by atoms with Crippen LogP contribution in [0.15, 0.2) is 10.6 Å². The van der Waals surface area contributed by atoms with Crippen molar-refractivity contribution in [3.8, 4) is 0 Å². The molecule has 1 atom stereocenters. The van der Waals surface area contributed by atoms with Crippen molar-refractivity contribution < 1.29 is 0 Å². The molecule has 11 heavy (non-hydrogen) atoms. The highest BCUT2D eigenvalue weighted by molar-refractivity contribution is 9.11. The lowest BCUT2D eigenvalue weighted by atomic mass is 10.2. The molecule has 4 heteroatoms. The van der Waals surface area contributed by atoms with Crippen LogP contribution >= 0.6 is 27.7 Å². The zero-order valence-electron chi connectivity index (χ0n) is 6.43. The normalized spacial score (nSPS) is 32.0. The van der Waals surface area contributed by atoms with Gasteiger partial charge < -0.3 is 10.2 Å². The Morgan fingerprint density at radius 2 is 2.55 bits per heavy atom. The summed E-state index contributed by atoms with van der Waals surface area (Å²) in [6, 6.07) is 0. The molecule has 0 bridgehead atoms. The first-order chi connectivity index (χ1) is 5.25. The molecular weight excluding hydrogens is 224 g/mol. The van der Waals surface area contributed by atoms with Gasteiger partial charge in [-0.15, -0.1) is 0 Å². The standard InChI is InChI=1S/C7H11BrN2S/c1-10-3-2-5-6(4-10)11-7(8)9-5/h7,9H,2-4H2,1H3. The van der Waals surface area contributed by atoms with E-state index in [4.69, 9.17) is 0 Å². The molecule has 2 rings (SSSR count). The third-order valence-corrected chi connectivity index (χ3v) is 3.80. The van der Waals surface area contributed by atoms with Crippen LogP contribution in [0.3, 0.4) is 0 Å². The summed E-state index contributed by atoms with van der Waals surface area (Å²) in [6.07, 6.45) is 1.18. The van der Waals surface area contributed by atoms with Gasteiger partial charge in [0.05, 0.1) is 0 Å². The SMILES string of the molecule is CN1CCC2=C(C1)SC(Br)N2. The van der Waals surface area contributed by atoms with Crippen molar-refractivity contribution in [3.63, 3.8) is 0 Å². The molecule has 0 amide bonds. The zero-order valence-corrected chi connectivity index (χ0v) is 8.83. The molecule has 1 unspecified atom stereocenters. The van der Waals surface area contributed by atoms with E-state index in [1.165, 1.54) is 23.6 Å². The van der Waals surface area contributed by atoms with Crippen LogP contribution in [0.2, 0.25) is 0 Å². The van der Waals surface area contributed by atoms with Crippen LogP contribution in [0.4, 0.5) is 0 Å². The van der Waals surface area contributed by atoms with Gasteiger partial charge in [0.2, 0.25) is 0 Å². The molecule has 0 aromatic heterocycles. The quantitative estimate of drug-likeness (QED) is 0.506. The molecule has 1 N–H and O–H groups in total. The summed E-state index contributed by atoms with van der Waals surface area (Å²) >= 11 is 5.44. The number of halogens is 1. The Balaban J connectivity index is 2.10. The van der Waals surface area contributed by atoms with Crippen molar-refractivity contribution >= 4 is 27.7 Å². The maximum atomic E-state index is 3.54. The lowest BCUT2D eigenvalue weighted by molar-refractivity contribution is 0.353. The topological polar surface area (TPSA) is 15.3 Å². The molecule has 0 aliphatic carbocycles. The van der Waals surface area contributed by atoms with Crippen molar-refractivity contribution in [1.29, 1.82) is 0 Å². The largest absolute Gasteiger partial charge is 0.367 e. The number of hydrogen-bond donors (Lipinski definition) is 1. The van der Waals surface area contributed by atoms with E-state index in [2.05, 4.69) is 33.2 Å². The van der Waals surface area contributed by atoms with Gasteiger partial charge in [-0.3, -0.25) is 0 Å². The minimum Gasteiger partial charge on any atom is -0.367 e. The number of rotatable bonds is 0. The Bertz CT molecular complexity index is 205. The highest BCUT2D eigenvalue weighted by Gasteiger charge is 2.25. The predicted molar refractivity (Wildman–Crippen MR) is 52.6 cm³/mol. The van der Waals surface area contributed by atoms with Gasteiger partial charge in [-0.25, -0.2) is 0 Å². The Hall–Kier alpha value is 0.330. The van der Waals surface area contributed by atoms with E-state index in [0.29, 0.717) is 4.28 Å². The molecule has 0 radical (unpaired) electrons. The fraction of sp³-hybridized carbons (Fsp3) is 0.714. The van der Waals surface area contributed by atoms with Crippen LogP contribution in [0.5, 0.6) is 0 Å². The summed E-state index contributed by atoms with van der Waals surface area (Å²) in [5, 5.41) is 3.41. The van der Waals surface area contributed by atoms with Crippen LogP contribution < -0.4 is 5.32 Å². The van der Waals surface area contributed by atoms with Gasteiger partial charge in [0, 0.05) is 30.1 Å². The molecule has 0 saturated heterocycles. The van der Waals surface area contributed by atoms with Crippen molar-refractivity contribution in [2.75, 3.05) is 20.1 Å². The van der Waals surface area contributed by atoms with E-state index < -0.39 is 0 Å². The fourth-order valence-electron chi connectivity index (χ4n) is 1.41. The zero-order chi connectivity index (χ0) is 7.84. The first-order valence-corrected chi connectivity index (χ1v) is 5.53. The van der Waals surface area contributed by atoms with Crippen LogP contribution in [0, 0.1) is 0 Å². The average Bonchev–Trinajstić information content (AvgIpc) is 2.27. The van der Waals surface area contributed by atoms with E-state index in [0.717, 1.165) is 6.54 Å². The number of hydrogen-bond acceptors (Lipinski definition) is 3. The monoisotopic (exact) mass is 234 g/mol. The number of likely N-dealkylation sites (N-methyl/N-ethyl adjacent to an activating group) is 1. The molecular formula is C7H11BrN2S. The third-order valence-electron chi connectivity index (χ3n) is 2.03. The van der Waals surface area contributed by atoms with Crippen molar-refractivity contribution in [2.24, 2.45) is 0 Å². The Labute approximate surface area is 79.5 Å². The van der Waals surface area contributed by atoms with E-state index >= 15 is 0 Å². The highest BCUT2D eigenvalue weighted by atomic mass is 79.9. The van der Waals surface area contributed by atoms with Crippen LogP contribution in [-0.4, -0.2) is 29.3 Å². The minimum atomic E-state index is 0.416.